The predicted molar refractivity (Wildman–Crippen MR) is 149 cm³/mol. The number of aliphatic hydroxyl groups is 1. The predicted octanol–water partition coefficient (Wildman–Crippen LogP) is 5.00. The number of benzene rings is 3. The van der Waals surface area contributed by atoms with Crippen LogP contribution in [0, 0.1) is 0 Å². The Balaban J connectivity index is 1.74. The molecule has 3 aromatic carbocycles. The number of anilines is 1. The molecule has 1 aromatic heterocycles. The van der Waals surface area contributed by atoms with Crippen molar-refractivity contribution in [3.8, 4) is 23.0 Å². The van der Waals surface area contributed by atoms with Gasteiger partial charge in [0.25, 0.3) is 5.78 Å². The minimum atomic E-state index is -1.04. The highest BCUT2D eigenvalue weighted by molar-refractivity contribution is 6.51. The number of carbonyl (C=O) groups excluding carboxylic acids is 2. The van der Waals surface area contributed by atoms with Crippen LogP contribution in [0.1, 0.15) is 31.0 Å². The summed E-state index contributed by atoms with van der Waals surface area (Å²) in [4.78, 5) is 36.2. The normalized spacial score (nSPS) is 16.4. The number of aromatic amines is 1. The second kappa shape index (κ2) is 11.0. The van der Waals surface area contributed by atoms with Crippen molar-refractivity contribution in [3.63, 3.8) is 0 Å². The number of nitrogens with zero attached hydrogens (tertiary/aromatic N) is 2. The van der Waals surface area contributed by atoms with Gasteiger partial charge in [0.15, 0.2) is 11.5 Å². The van der Waals surface area contributed by atoms with E-state index in [0.29, 0.717) is 52.8 Å². The van der Waals surface area contributed by atoms with Crippen molar-refractivity contribution < 1.29 is 33.6 Å². The van der Waals surface area contributed by atoms with Gasteiger partial charge in [-0.05, 0) is 55.8 Å². The molecule has 2 heterocycles. The zero-order valence-electron chi connectivity index (χ0n) is 22.6. The Labute approximate surface area is 230 Å². The lowest BCUT2D eigenvalue weighted by molar-refractivity contribution is -0.132. The topological polar surface area (TPSA) is 123 Å². The summed E-state index contributed by atoms with van der Waals surface area (Å²) in [7, 11) is 3.01. The number of ketones is 1. The van der Waals surface area contributed by atoms with Crippen LogP contribution in [0.2, 0.25) is 0 Å². The Hall–Kier alpha value is -4.99. The molecule has 1 amide bonds. The van der Waals surface area contributed by atoms with E-state index in [1.165, 1.54) is 19.1 Å². The zero-order valence-corrected chi connectivity index (χ0v) is 22.6. The first-order valence-electron chi connectivity index (χ1n) is 12.8. The highest BCUT2D eigenvalue weighted by Crippen LogP contribution is 2.45. The fourth-order valence-corrected chi connectivity index (χ4v) is 4.82. The molecule has 1 fully saturated rings. The van der Waals surface area contributed by atoms with Gasteiger partial charge in [0.05, 0.1) is 55.6 Å². The first-order valence-corrected chi connectivity index (χ1v) is 12.8. The van der Waals surface area contributed by atoms with Crippen molar-refractivity contribution >= 4 is 34.4 Å². The van der Waals surface area contributed by atoms with Crippen LogP contribution in [-0.4, -0.2) is 54.2 Å². The summed E-state index contributed by atoms with van der Waals surface area (Å²) in [5, 5.41) is 11.7. The van der Waals surface area contributed by atoms with E-state index < -0.39 is 17.7 Å². The van der Waals surface area contributed by atoms with E-state index in [9.17, 15) is 14.7 Å². The van der Waals surface area contributed by atoms with E-state index in [1.807, 2.05) is 25.1 Å². The number of hydrogen-bond acceptors (Lipinski definition) is 8. The number of methoxy groups -OCH3 is 2. The van der Waals surface area contributed by atoms with E-state index in [0.717, 1.165) is 0 Å². The standard InChI is InChI=1S/C30H29N3O7/c1-5-39-18-12-13-19(23(16-18)40-6-2)27(34)25-26(17-11-14-22(37-3)24(15-17)38-4)33(29(36)28(25)35)30-31-20-9-7-8-10-21(20)32-30/h7-16,26,34H,5-6H2,1-4H3,(H,31,32)/b27-25+. The molecule has 0 radical (unpaired) electrons. The van der Waals surface area contributed by atoms with Crippen LogP contribution in [-0.2, 0) is 9.59 Å². The molecule has 0 aliphatic carbocycles. The van der Waals surface area contributed by atoms with Crippen molar-refractivity contribution in [1.29, 1.82) is 0 Å². The molecule has 5 rings (SSSR count). The highest BCUT2D eigenvalue weighted by atomic mass is 16.5. The minimum Gasteiger partial charge on any atom is -0.507 e. The number of rotatable bonds is 9. The molecular weight excluding hydrogens is 514 g/mol. The van der Waals surface area contributed by atoms with Crippen LogP contribution in [0.15, 0.2) is 66.2 Å². The number of H-pyrrole nitrogens is 1. The fourth-order valence-electron chi connectivity index (χ4n) is 4.82. The van der Waals surface area contributed by atoms with E-state index in [-0.39, 0.29) is 22.8 Å². The van der Waals surface area contributed by atoms with Crippen LogP contribution in [0.5, 0.6) is 23.0 Å². The lowest BCUT2D eigenvalue weighted by Gasteiger charge is -2.24. The summed E-state index contributed by atoms with van der Waals surface area (Å²) < 4.78 is 22.3. The quantitative estimate of drug-likeness (QED) is 0.172. The van der Waals surface area contributed by atoms with Crippen LogP contribution < -0.4 is 23.8 Å². The van der Waals surface area contributed by atoms with Crippen molar-refractivity contribution in [2.75, 3.05) is 32.3 Å². The van der Waals surface area contributed by atoms with Gasteiger partial charge in [0.1, 0.15) is 17.3 Å². The number of carbonyl (C=O) groups is 2. The van der Waals surface area contributed by atoms with Crippen molar-refractivity contribution in [1.82, 2.24) is 9.97 Å². The Kier molecular flexibility index (Phi) is 7.33. The van der Waals surface area contributed by atoms with Crippen LogP contribution >= 0.6 is 0 Å². The van der Waals surface area contributed by atoms with Gasteiger partial charge in [-0.15, -0.1) is 0 Å². The summed E-state index contributed by atoms with van der Waals surface area (Å²) in [6, 6.07) is 16.2. The molecule has 1 aliphatic rings. The second-order valence-electron chi connectivity index (χ2n) is 8.89. The second-order valence-corrected chi connectivity index (χ2v) is 8.89. The molecule has 1 saturated heterocycles. The molecule has 1 aliphatic heterocycles. The van der Waals surface area contributed by atoms with Crippen molar-refractivity contribution in [2.45, 2.75) is 19.9 Å². The molecule has 2 N–H and O–H groups in total. The maximum atomic E-state index is 13.6. The maximum absolute atomic E-state index is 13.6. The Bertz CT molecular complexity index is 1590. The minimum absolute atomic E-state index is 0.122. The summed E-state index contributed by atoms with van der Waals surface area (Å²) >= 11 is 0. The maximum Gasteiger partial charge on any atom is 0.302 e. The highest BCUT2D eigenvalue weighted by Gasteiger charge is 2.48. The molecule has 206 valence electrons. The number of ether oxygens (including phenoxy) is 4. The molecule has 4 aromatic rings. The number of aliphatic hydroxyl groups excluding tert-OH is 1. The van der Waals surface area contributed by atoms with Crippen molar-refractivity contribution in [2.24, 2.45) is 0 Å². The Morgan fingerprint density at radius 2 is 1.68 bits per heavy atom. The van der Waals surface area contributed by atoms with Crippen molar-refractivity contribution in [3.05, 3.63) is 77.4 Å². The summed E-state index contributed by atoms with van der Waals surface area (Å²) in [6.45, 7) is 4.42. The number of fused-ring (bicyclic) bond motifs is 1. The first-order chi connectivity index (χ1) is 19.4. The average molecular weight is 544 g/mol. The van der Waals surface area contributed by atoms with Gasteiger partial charge in [-0.25, -0.2) is 4.98 Å². The van der Waals surface area contributed by atoms with Gasteiger partial charge < -0.3 is 29.0 Å². The number of para-hydroxylation sites is 2. The number of hydrogen-bond donors (Lipinski definition) is 2. The van der Waals surface area contributed by atoms with E-state index in [1.54, 1.807) is 49.4 Å². The third-order valence-electron chi connectivity index (χ3n) is 6.59. The average Bonchev–Trinajstić information content (AvgIpc) is 3.51. The number of nitrogens with one attached hydrogen (secondary N) is 1. The summed E-state index contributed by atoms with van der Waals surface area (Å²) in [5.74, 6) is -0.211. The number of imidazole rings is 1. The molecule has 1 unspecified atom stereocenters. The molecule has 0 spiro atoms. The molecule has 40 heavy (non-hydrogen) atoms. The lowest BCUT2D eigenvalue weighted by atomic mass is 9.94. The molecular formula is C30H29N3O7. The summed E-state index contributed by atoms with van der Waals surface area (Å²) in [6.07, 6.45) is 0. The van der Waals surface area contributed by atoms with Gasteiger partial charge in [-0.1, -0.05) is 18.2 Å². The van der Waals surface area contributed by atoms with Gasteiger partial charge in [0, 0.05) is 6.07 Å². The van der Waals surface area contributed by atoms with Crippen LogP contribution in [0.25, 0.3) is 16.8 Å². The van der Waals surface area contributed by atoms with Gasteiger partial charge in [0.2, 0.25) is 5.95 Å². The number of aromatic nitrogens is 2. The first kappa shape index (κ1) is 26.6. The Morgan fingerprint density at radius 1 is 0.925 bits per heavy atom. The Morgan fingerprint density at radius 3 is 2.38 bits per heavy atom. The summed E-state index contributed by atoms with van der Waals surface area (Å²) in [5.41, 5.74) is 1.94. The smallest absolute Gasteiger partial charge is 0.302 e. The van der Waals surface area contributed by atoms with Gasteiger partial charge in [-0.3, -0.25) is 14.5 Å². The lowest BCUT2D eigenvalue weighted by Crippen LogP contribution is -2.30. The van der Waals surface area contributed by atoms with Crippen LogP contribution in [0.3, 0.4) is 0 Å². The molecule has 1 atom stereocenters. The van der Waals surface area contributed by atoms with E-state index in [4.69, 9.17) is 18.9 Å². The number of amides is 1. The van der Waals surface area contributed by atoms with Gasteiger partial charge in [-0.2, -0.15) is 0 Å². The third kappa shape index (κ3) is 4.57. The van der Waals surface area contributed by atoms with Crippen LogP contribution in [0.4, 0.5) is 5.95 Å². The van der Waals surface area contributed by atoms with E-state index >= 15 is 0 Å². The SMILES string of the molecule is CCOc1ccc(/C(O)=C2\C(=O)C(=O)N(c3nc4ccccc4[nH]3)C2c2ccc(OC)c(OC)c2)c(OCC)c1. The molecule has 0 saturated carbocycles. The molecule has 0 bridgehead atoms. The van der Waals surface area contributed by atoms with Gasteiger partial charge >= 0.3 is 5.91 Å². The van der Waals surface area contributed by atoms with E-state index in [2.05, 4.69) is 9.97 Å². The largest absolute Gasteiger partial charge is 0.507 e. The zero-order chi connectivity index (χ0) is 28.4. The fraction of sp³-hybridized carbons (Fsp3) is 0.233. The molecule has 10 heteroatoms. The monoisotopic (exact) mass is 543 g/mol. The third-order valence-corrected chi connectivity index (χ3v) is 6.59. The number of Topliss-reactive ketones (excluding diaryl/α,β-unsaturated/α-hetero) is 1. The molecule has 10 nitrogen and oxygen atoms in total.